The van der Waals surface area contributed by atoms with Crippen molar-refractivity contribution in [2.45, 2.75) is 32.4 Å². The predicted octanol–water partition coefficient (Wildman–Crippen LogP) is 2.58. The topological polar surface area (TPSA) is 41.6 Å². The van der Waals surface area contributed by atoms with E-state index in [1.165, 1.54) is 22.6 Å². The van der Waals surface area contributed by atoms with Gasteiger partial charge in [0.25, 0.3) is 0 Å². The van der Waals surface area contributed by atoms with E-state index in [0.29, 0.717) is 18.5 Å². The van der Waals surface area contributed by atoms with Crippen molar-refractivity contribution in [3.05, 3.63) is 21.9 Å². The second-order valence-electron chi connectivity index (χ2n) is 4.03. The molecule has 1 aliphatic carbocycles. The van der Waals surface area contributed by atoms with Gasteiger partial charge in [0, 0.05) is 22.8 Å². The number of guanidine groups is 1. The van der Waals surface area contributed by atoms with E-state index in [1.54, 1.807) is 11.3 Å². The first kappa shape index (κ1) is 13.8. The normalized spacial score (nSPS) is 15.8. The third-order valence-corrected chi connectivity index (χ3v) is 3.63. The Morgan fingerprint density at radius 1 is 1.56 bits per heavy atom. The summed E-state index contributed by atoms with van der Waals surface area (Å²) in [5, 5.41) is 0. The van der Waals surface area contributed by atoms with Crippen molar-refractivity contribution >= 4 is 41.3 Å². The molecule has 0 atom stereocenters. The van der Waals surface area contributed by atoms with E-state index in [4.69, 9.17) is 5.73 Å². The average molecular weight is 351 g/mol. The first-order chi connectivity index (χ1) is 7.16. The molecule has 1 saturated carbocycles. The number of aryl methyl sites for hydroxylation is 1. The van der Waals surface area contributed by atoms with Gasteiger partial charge < -0.3 is 10.6 Å². The van der Waals surface area contributed by atoms with Crippen molar-refractivity contribution in [3.63, 3.8) is 0 Å². The summed E-state index contributed by atoms with van der Waals surface area (Å²) >= 11 is 1.78. The fraction of sp³-hybridized carbons (Fsp3) is 0.545. The van der Waals surface area contributed by atoms with Crippen LogP contribution in [0.25, 0.3) is 0 Å². The Balaban J connectivity index is 0.00000128. The largest absolute Gasteiger partial charge is 0.370 e. The van der Waals surface area contributed by atoms with Gasteiger partial charge >= 0.3 is 0 Å². The molecular formula is C11H18IN3S. The molecule has 1 aromatic heterocycles. The van der Waals surface area contributed by atoms with Gasteiger partial charge in [-0.3, -0.25) is 0 Å². The van der Waals surface area contributed by atoms with E-state index in [2.05, 4.69) is 28.9 Å². The Bertz CT molecular complexity index is 371. The number of hydrogen-bond acceptors (Lipinski definition) is 2. The Morgan fingerprint density at radius 3 is 2.75 bits per heavy atom. The standard InChI is InChI=1S/C11H17N3S.HI/c1-8-3-6-10(15-8)7-13-11(12)14(2)9-4-5-9;/h3,6,9H,4-5,7H2,1-2H3,(H2,12,13);1H. The highest BCUT2D eigenvalue weighted by Crippen LogP contribution is 2.25. The monoisotopic (exact) mass is 351 g/mol. The summed E-state index contributed by atoms with van der Waals surface area (Å²) in [7, 11) is 2.02. The van der Waals surface area contributed by atoms with Gasteiger partial charge in [-0.15, -0.1) is 35.3 Å². The summed E-state index contributed by atoms with van der Waals surface area (Å²) in [6, 6.07) is 4.88. The minimum Gasteiger partial charge on any atom is -0.370 e. The predicted molar refractivity (Wildman–Crippen MR) is 80.6 cm³/mol. The van der Waals surface area contributed by atoms with Crippen LogP contribution in [0.1, 0.15) is 22.6 Å². The number of nitrogens with two attached hydrogens (primary N) is 1. The van der Waals surface area contributed by atoms with Crippen molar-refractivity contribution in [2.24, 2.45) is 10.7 Å². The van der Waals surface area contributed by atoms with E-state index < -0.39 is 0 Å². The van der Waals surface area contributed by atoms with Crippen molar-refractivity contribution in [1.29, 1.82) is 0 Å². The Hall–Kier alpha value is -0.300. The number of thiophene rings is 1. The van der Waals surface area contributed by atoms with Gasteiger partial charge in [0.1, 0.15) is 0 Å². The zero-order chi connectivity index (χ0) is 10.8. The molecule has 0 radical (unpaired) electrons. The summed E-state index contributed by atoms with van der Waals surface area (Å²) in [4.78, 5) is 9.09. The summed E-state index contributed by atoms with van der Waals surface area (Å²) < 4.78 is 0. The summed E-state index contributed by atoms with van der Waals surface area (Å²) in [5.41, 5.74) is 5.89. The second kappa shape index (κ2) is 5.86. The molecule has 90 valence electrons. The lowest BCUT2D eigenvalue weighted by Gasteiger charge is -2.16. The molecular weight excluding hydrogens is 333 g/mol. The van der Waals surface area contributed by atoms with Gasteiger partial charge in [0.15, 0.2) is 5.96 Å². The highest BCUT2D eigenvalue weighted by molar-refractivity contribution is 14.0. The van der Waals surface area contributed by atoms with Crippen LogP contribution in [0.15, 0.2) is 17.1 Å². The van der Waals surface area contributed by atoms with Gasteiger partial charge in [-0.25, -0.2) is 4.99 Å². The van der Waals surface area contributed by atoms with Gasteiger partial charge in [-0.05, 0) is 31.9 Å². The van der Waals surface area contributed by atoms with E-state index in [9.17, 15) is 0 Å². The van der Waals surface area contributed by atoms with Crippen LogP contribution < -0.4 is 5.73 Å². The molecule has 0 bridgehead atoms. The average Bonchev–Trinajstić information content (AvgIpc) is 2.98. The van der Waals surface area contributed by atoms with Crippen molar-refractivity contribution in [3.8, 4) is 0 Å². The zero-order valence-electron chi connectivity index (χ0n) is 9.64. The molecule has 16 heavy (non-hydrogen) atoms. The molecule has 5 heteroatoms. The number of halogens is 1. The van der Waals surface area contributed by atoms with Gasteiger partial charge in [-0.1, -0.05) is 0 Å². The van der Waals surface area contributed by atoms with Crippen LogP contribution in [-0.4, -0.2) is 23.9 Å². The third kappa shape index (κ3) is 3.62. The van der Waals surface area contributed by atoms with E-state index >= 15 is 0 Å². The van der Waals surface area contributed by atoms with Crippen LogP contribution in [0.5, 0.6) is 0 Å². The van der Waals surface area contributed by atoms with Crippen LogP contribution in [0, 0.1) is 6.92 Å². The molecule has 2 N–H and O–H groups in total. The summed E-state index contributed by atoms with van der Waals surface area (Å²) in [6.45, 7) is 2.82. The molecule has 0 aromatic carbocycles. The van der Waals surface area contributed by atoms with Crippen LogP contribution in [0.4, 0.5) is 0 Å². The van der Waals surface area contributed by atoms with Crippen LogP contribution in [0.2, 0.25) is 0 Å². The molecule has 1 heterocycles. The van der Waals surface area contributed by atoms with Crippen LogP contribution >= 0.6 is 35.3 Å². The molecule has 1 fully saturated rings. The first-order valence-electron chi connectivity index (χ1n) is 5.25. The van der Waals surface area contributed by atoms with Gasteiger partial charge in [0.05, 0.1) is 6.54 Å². The minimum absolute atomic E-state index is 0. The van der Waals surface area contributed by atoms with Gasteiger partial charge in [-0.2, -0.15) is 0 Å². The molecule has 0 unspecified atom stereocenters. The van der Waals surface area contributed by atoms with Crippen LogP contribution in [0.3, 0.4) is 0 Å². The zero-order valence-corrected chi connectivity index (χ0v) is 12.8. The van der Waals surface area contributed by atoms with Crippen molar-refractivity contribution in [2.75, 3.05) is 7.05 Å². The Labute approximate surface area is 118 Å². The Kier molecular flexibility index (Phi) is 5.04. The SMILES string of the molecule is Cc1ccc(CN=C(N)N(C)C2CC2)s1.I. The number of hydrogen-bond donors (Lipinski definition) is 1. The maximum atomic E-state index is 5.89. The molecule has 1 aliphatic rings. The molecule has 3 nitrogen and oxygen atoms in total. The minimum atomic E-state index is 0. The smallest absolute Gasteiger partial charge is 0.191 e. The number of rotatable bonds is 3. The molecule has 0 amide bonds. The summed E-state index contributed by atoms with van der Waals surface area (Å²) in [6.07, 6.45) is 2.51. The lowest BCUT2D eigenvalue weighted by Crippen LogP contribution is -2.35. The quantitative estimate of drug-likeness (QED) is 0.517. The highest BCUT2D eigenvalue weighted by atomic mass is 127. The molecule has 2 rings (SSSR count). The third-order valence-electron chi connectivity index (χ3n) is 2.65. The molecule has 0 aliphatic heterocycles. The van der Waals surface area contributed by atoms with Crippen LogP contribution in [-0.2, 0) is 6.54 Å². The lowest BCUT2D eigenvalue weighted by molar-refractivity contribution is 0.487. The van der Waals surface area contributed by atoms with E-state index in [-0.39, 0.29) is 24.0 Å². The summed E-state index contributed by atoms with van der Waals surface area (Å²) in [5.74, 6) is 0.670. The van der Waals surface area contributed by atoms with Crippen molar-refractivity contribution < 1.29 is 0 Å². The number of nitrogens with zero attached hydrogens (tertiary/aromatic N) is 2. The fourth-order valence-electron chi connectivity index (χ4n) is 1.49. The first-order valence-corrected chi connectivity index (χ1v) is 6.06. The number of aliphatic imine (C=N–C) groups is 1. The fourth-order valence-corrected chi connectivity index (χ4v) is 2.30. The van der Waals surface area contributed by atoms with Crippen molar-refractivity contribution in [1.82, 2.24) is 4.90 Å². The molecule has 1 aromatic rings. The van der Waals surface area contributed by atoms with E-state index in [1.807, 2.05) is 7.05 Å². The maximum absolute atomic E-state index is 5.89. The van der Waals surface area contributed by atoms with E-state index in [0.717, 1.165) is 0 Å². The molecule has 0 spiro atoms. The molecule has 0 saturated heterocycles. The second-order valence-corrected chi connectivity index (χ2v) is 5.40. The van der Waals surface area contributed by atoms with Gasteiger partial charge in [0.2, 0.25) is 0 Å². The Morgan fingerprint density at radius 2 is 2.25 bits per heavy atom. The lowest BCUT2D eigenvalue weighted by atomic mass is 10.4. The highest BCUT2D eigenvalue weighted by Gasteiger charge is 2.27. The maximum Gasteiger partial charge on any atom is 0.191 e.